The van der Waals surface area contributed by atoms with Crippen LogP contribution in [0, 0.1) is 12.7 Å². The smallest absolute Gasteiger partial charge is 0.248 e. The van der Waals surface area contributed by atoms with E-state index in [1.807, 2.05) is 0 Å². The summed E-state index contributed by atoms with van der Waals surface area (Å²) in [4.78, 5) is 12.3. The van der Waals surface area contributed by atoms with Gasteiger partial charge in [0.25, 0.3) is 0 Å². The minimum Gasteiger partial charge on any atom is -0.493 e. The standard InChI is InChI=1S/C21H20FN5O3/c1-4-11-30-19-9-5-15(12-20(19)29-3)6-10-21(28)23-16-7-8-17(22)18(13-16)27-14(2)24-25-26-27/h4-10,12-13H,1,11H2,2-3H3,(H,23,28)/b10-6+. The molecule has 154 valence electrons. The molecule has 30 heavy (non-hydrogen) atoms. The zero-order valence-corrected chi connectivity index (χ0v) is 16.5. The molecular formula is C21H20FN5O3. The summed E-state index contributed by atoms with van der Waals surface area (Å²) < 4.78 is 26.2. The number of hydrogen-bond acceptors (Lipinski definition) is 6. The molecular weight excluding hydrogens is 389 g/mol. The number of amides is 1. The lowest BCUT2D eigenvalue weighted by molar-refractivity contribution is -0.111. The Balaban J connectivity index is 1.72. The van der Waals surface area contributed by atoms with Gasteiger partial charge in [0.2, 0.25) is 5.91 Å². The number of benzene rings is 2. The molecule has 0 saturated heterocycles. The normalized spacial score (nSPS) is 10.8. The maximum atomic E-state index is 14.1. The molecule has 0 spiro atoms. The number of halogens is 1. The highest BCUT2D eigenvalue weighted by Gasteiger charge is 2.11. The van der Waals surface area contributed by atoms with E-state index in [4.69, 9.17) is 9.47 Å². The predicted octanol–water partition coefficient (Wildman–Crippen LogP) is 3.34. The van der Waals surface area contributed by atoms with Gasteiger partial charge in [-0.1, -0.05) is 18.7 Å². The fourth-order valence-corrected chi connectivity index (χ4v) is 2.62. The van der Waals surface area contributed by atoms with Crippen LogP contribution >= 0.6 is 0 Å². The third kappa shape index (κ3) is 4.88. The maximum absolute atomic E-state index is 14.1. The first kappa shape index (κ1) is 20.7. The number of rotatable bonds is 8. The second-order valence-corrected chi connectivity index (χ2v) is 6.14. The summed E-state index contributed by atoms with van der Waals surface area (Å²) in [6.07, 6.45) is 4.63. The summed E-state index contributed by atoms with van der Waals surface area (Å²) in [5, 5.41) is 13.7. The van der Waals surface area contributed by atoms with Gasteiger partial charge in [0.15, 0.2) is 17.3 Å². The second kappa shape index (κ2) is 9.46. The van der Waals surface area contributed by atoms with Crippen LogP contribution in [0.2, 0.25) is 0 Å². The van der Waals surface area contributed by atoms with Gasteiger partial charge in [0.05, 0.1) is 7.11 Å². The van der Waals surface area contributed by atoms with Gasteiger partial charge in [0.1, 0.15) is 18.1 Å². The molecule has 2 aromatic carbocycles. The molecule has 0 aliphatic carbocycles. The second-order valence-electron chi connectivity index (χ2n) is 6.14. The summed E-state index contributed by atoms with van der Waals surface area (Å²) >= 11 is 0. The number of carbonyl (C=O) groups excluding carboxylic acids is 1. The van der Waals surface area contributed by atoms with E-state index >= 15 is 0 Å². The van der Waals surface area contributed by atoms with Gasteiger partial charge in [0, 0.05) is 11.8 Å². The largest absolute Gasteiger partial charge is 0.493 e. The highest BCUT2D eigenvalue weighted by atomic mass is 19.1. The SMILES string of the molecule is C=CCOc1ccc(/C=C/C(=O)Nc2ccc(F)c(-n3nnnc3C)c2)cc1OC. The Morgan fingerprint density at radius 2 is 2.10 bits per heavy atom. The molecule has 0 aliphatic rings. The molecule has 8 nitrogen and oxygen atoms in total. The van der Waals surface area contributed by atoms with Crippen molar-refractivity contribution in [2.45, 2.75) is 6.92 Å². The van der Waals surface area contributed by atoms with Crippen molar-refractivity contribution in [2.24, 2.45) is 0 Å². The Kier molecular flexibility index (Phi) is 6.53. The number of carbonyl (C=O) groups is 1. The van der Waals surface area contributed by atoms with Crippen molar-refractivity contribution >= 4 is 17.7 Å². The fraction of sp³-hybridized carbons (Fsp3) is 0.143. The molecule has 0 unspecified atom stereocenters. The van der Waals surface area contributed by atoms with Gasteiger partial charge in [-0.25, -0.2) is 4.39 Å². The van der Waals surface area contributed by atoms with Crippen molar-refractivity contribution in [1.29, 1.82) is 0 Å². The maximum Gasteiger partial charge on any atom is 0.248 e. The van der Waals surface area contributed by atoms with E-state index in [9.17, 15) is 9.18 Å². The zero-order valence-electron chi connectivity index (χ0n) is 16.5. The topological polar surface area (TPSA) is 91.2 Å². The van der Waals surface area contributed by atoms with Crippen molar-refractivity contribution in [2.75, 3.05) is 19.0 Å². The van der Waals surface area contributed by atoms with E-state index in [-0.39, 0.29) is 11.6 Å². The molecule has 1 aromatic heterocycles. The average Bonchev–Trinajstić information content (AvgIpc) is 3.18. The number of nitrogens with zero attached hydrogens (tertiary/aromatic N) is 4. The molecule has 0 saturated carbocycles. The molecule has 1 N–H and O–H groups in total. The van der Waals surface area contributed by atoms with Crippen LogP contribution in [-0.4, -0.2) is 39.8 Å². The predicted molar refractivity (Wildman–Crippen MR) is 110 cm³/mol. The molecule has 0 atom stereocenters. The lowest BCUT2D eigenvalue weighted by Gasteiger charge is -2.10. The number of aromatic nitrogens is 4. The Labute approximate surface area is 172 Å². The lowest BCUT2D eigenvalue weighted by Crippen LogP contribution is -2.09. The van der Waals surface area contributed by atoms with Crippen LogP contribution in [0.3, 0.4) is 0 Å². The van der Waals surface area contributed by atoms with Crippen molar-refractivity contribution in [3.63, 3.8) is 0 Å². The van der Waals surface area contributed by atoms with Gasteiger partial charge in [-0.2, -0.15) is 4.68 Å². The first-order valence-corrected chi connectivity index (χ1v) is 8.97. The molecule has 3 aromatic rings. The number of tetrazole rings is 1. The molecule has 0 radical (unpaired) electrons. The minimum absolute atomic E-state index is 0.138. The van der Waals surface area contributed by atoms with Crippen molar-refractivity contribution in [3.05, 3.63) is 72.3 Å². The van der Waals surface area contributed by atoms with Crippen LogP contribution in [0.4, 0.5) is 10.1 Å². The van der Waals surface area contributed by atoms with Gasteiger partial charge in [-0.3, -0.25) is 4.79 Å². The van der Waals surface area contributed by atoms with E-state index in [1.165, 1.54) is 36.1 Å². The van der Waals surface area contributed by atoms with Crippen LogP contribution in [0.1, 0.15) is 11.4 Å². The molecule has 0 bridgehead atoms. The minimum atomic E-state index is -0.509. The van der Waals surface area contributed by atoms with Crippen LogP contribution < -0.4 is 14.8 Å². The zero-order chi connectivity index (χ0) is 21.5. The molecule has 0 aliphatic heterocycles. The lowest BCUT2D eigenvalue weighted by atomic mass is 10.2. The molecule has 1 amide bonds. The third-order valence-electron chi connectivity index (χ3n) is 4.04. The van der Waals surface area contributed by atoms with Crippen LogP contribution in [-0.2, 0) is 4.79 Å². The summed E-state index contributed by atoms with van der Waals surface area (Å²) in [5.74, 6) is 0.651. The van der Waals surface area contributed by atoms with E-state index in [2.05, 4.69) is 27.4 Å². The van der Waals surface area contributed by atoms with E-state index in [0.717, 1.165) is 5.56 Å². The van der Waals surface area contributed by atoms with Crippen LogP contribution in [0.5, 0.6) is 11.5 Å². The monoisotopic (exact) mass is 409 g/mol. The van der Waals surface area contributed by atoms with Crippen molar-refractivity contribution < 1.29 is 18.7 Å². The average molecular weight is 409 g/mol. The van der Waals surface area contributed by atoms with Gasteiger partial charge < -0.3 is 14.8 Å². The quantitative estimate of drug-likeness (QED) is 0.453. The fourth-order valence-electron chi connectivity index (χ4n) is 2.62. The first-order valence-electron chi connectivity index (χ1n) is 8.97. The molecule has 0 fully saturated rings. The number of nitrogens with one attached hydrogen (secondary N) is 1. The summed E-state index contributed by atoms with van der Waals surface area (Å²) in [5.41, 5.74) is 1.29. The Morgan fingerprint density at radius 3 is 2.80 bits per heavy atom. The Morgan fingerprint density at radius 1 is 1.27 bits per heavy atom. The summed E-state index contributed by atoms with van der Waals surface area (Å²) in [6, 6.07) is 9.45. The van der Waals surface area contributed by atoms with Gasteiger partial charge in [-0.15, -0.1) is 5.10 Å². The highest BCUT2D eigenvalue weighted by Crippen LogP contribution is 2.28. The number of anilines is 1. The highest BCUT2D eigenvalue weighted by molar-refractivity contribution is 6.02. The number of hydrogen-bond donors (Lipinski definition) is 1. The summed E-state index contributed by atoms with van der Waals surface area (Å²) in [6.45, 7) is 5.61. The van der Waals surface area contributed by atoms with Crippen LogP contribution in [0.15, 0.2) is 55.1 Å². The summed E-state index contributed by atoms with van der Waals surface area (Å²) in [7, 11) is 1.54. The van der Waals surface area contributed by atoms with Crippen LogP contribution in [0.25, 0.3) is 11.8 Å². The van der Waals surface area contributed by atoms with E-state index in [0.29, 0.717) is 29.6 Å². The van der Waals surface area contributed by atoms with Crippen molar-refractivity contribution in [1.82, 2.24) is 20.2 Å². The number of ether oxygens (including phenoxy) is 2. The molecule has 1 heterocycles. The number of methoxy groups -OCH3 is 1. The first-order chi connectivity index (χ1) is 14.5. The third-order valence-corrected chi connectivity index (χ3v) is 4.04. The molecule has 3 rings (SSSR count). The van der Waals surface area contributed by atoms with E-state index < -0.39 is 5.82 Å². The molecule has 9 heteroatoms. The Bertz CT molecular complexity index is 1090. The number of aryl methyl sites for hydroxylation is 1. The van der Waals surface area contributed by atoms with E-state index in [1.54, 1.807) is 37.3 Å². The van der Waals surface area contributed by atoms with Gasteiger partial charge in [-0.05, 0) is 59.3 Å². The Hall–Kier alpha value is -4.01. The van der Waals surface area contributed by atoms with Gasteiger partial charge >= 0.3 is 0 Å². The van der Waals surface area contributed by atoms with Crippen molar-refractivity contribution in [3.8, 4) is 17.2 Å².